The molecule has 3 aromatic rings. The fraction of sp³-hybridized carbons (Fsp3) is 0.118. The first kappa shape index (κ1) is 13.2. The minimum Gasteiger partial charge on any atom is -0.493 e. The summed E-state index contributed by atoms with van der Waals surface area (Å²) < 4.78 is 10.7. The normalized spacial score (nSPS) is 10.6. The van der Waals surface area contributed by atoms with E-state index in [4.69, 9.17) is 15.2 Å². The van der Waals surface area contributed by atoms with Crippen molar-refractivity contribution in [3.8, 4) is 22.6 Å². The number of anilines is 1. The first-order valence-corrected chi connectivity index (χ1v) is 6.60. The molecule has 1 heterocycles. The van der Waals surface area contributed by atoms with Crippen LogP contribution in [0.2, 0.25) is 0 Å². The van der Waals surface area contributed by atoms with E-state index in [2.05, 4.69) is 4.98 Å². The van der Waals surface area contributed by atoms with E-state index in [1.807, 2.05) is 42.5 Å². The average molecular weight is 280 g/mol. The summed E-state index contributed by atoms with van der Waals surface area (Å²) in [5.41, 5.74) is 9.62. The van der Waals surface area contributed by atoms with E-state index in [-0.39, 0.29) is 0 Å². The van der Waals surface area contributed by atoms with Gasteiger partial charge in [-0.25, -0.2) is 0 Å². The predicted molar refractivity (Wildman–Crippen MR) is 84.7 cm³/mol. The van der Waals surface area contributed by atoms with Crippen molar-refractivity contribution in [1.29, 1.82) is 0 Å². The van der Waals surface area contributed by atoms with E-state index in [9.17, 15) is 0 Å². The van der Waals surface area contributed by atoms with Crippen LogP contribution >= 0.6 is 0 Å². The Morgan fingerprint density at radius 1 is 0.952 bits per heavy atom. The number of rotatable bonds is 3. The van der Waals surface area contributed by atoms with E-state index in [0.29, 0.717) is 17.2 Å². The Balaban J connectivity index is 2.35. The Labute approximate surface area is 123 Å². The quantitative estimate of drug-likeness (QED) is 0.797. The van der Waals surface area contributed by atoms with Gasteiger partial charge in [-0.3, -0.25) is 4.98 Å². The Bertz CT molecular complexity index is 786. The van der Waals surface area contributed by atoms with E-state index in [0.717, 1.165) is 22.0 Å². The molecule has 0 atom stereocenters. The molecule has 4 heteroatoms. The summed E-state index contributed by atoms with van der Waals surface area (Å²) in [7, 11) is 3.23. The molecule has 0 bridgehead atoms. The van der Waals surface area contributed by atoms with Crippen LogP contribution in [0.1, 0.15) is 0 Å². The van der Waals surface area contributed by atoms with E-state index >= 15 is 0 Å². The molecule has 0 saturated carbocycles. The lowest BCUT2D eigenvalue weighted by atomic mass is 9.99. The number of aromatic nitrogens is 1. The molecule has 0 amide bonds. The Morgan fingerprint density at radius 3 is 2.29 bits per heavy atom. The molecular weight excluding hydrogens is 264 g/mol. The molecule has 3 rings (SSSR count). The van der Waals surface area contributed by atoms with Gasteiger partial charge in [0.1, 0.15) is 0 Å². The van der Waals surface area contributed by atoms with Crippen LogP contribution in [0, 0.1) is 0 Å². The summed E-state index contributed by atoms with van der Waals surface area (Å²) in [5.74, 6) is 1.32. The largest absolute Gasteiger partial charge is 0.493 e. The van der Waals surface area contributed by atoms with Crippen LogP contribution in [0.3, 0.4) is 0 Å². The Morgan fingerprint density at radius 2 is 1.62 bits per heavy atom. The molecule has 21 heavy (non-hydrogen) atoms. The topological polar surface area (TPSA) is 57.4 Å². The van der Waals surface area contributed by atoms with Gasteiger partial charge in [-0.15, -0.1) is 0 Å². The highest BCUT2D eigenvalue weighted by Gasteiger charge is 2.13. The number of hydrogen-bond acceptors (Lipinski definition) is 4. The van der Waals surface area contributed by atoms with Crippen molar-refractivity contribution in [2.75, 3.05) is 20.0 Å². The summed E-state index contributed by atoms with van der Waals surface area (Å²) >= 11 is 0. The van der Waals surface area contributed by atoms with Gasteiger partial charge < -0.3 is 15.2 Å². The van der Waals surface area contributed by atoms with Gasteiger partial charge in [0.15, 0.2) is 11.5 Å². The zero-order valence-electron chi connectivity index (χ0n) is 12.0. The maximum atomic E-state index is 6.15. The summed E-state index contributed by atoms with van der Waals surface area (Å²) in [5, 5.41) is 0.943. The maximum Gasteiger partial charge on any atom is 0.162 e. The van der Waals surface area contributed by atoms with Crippen LogP contribution < -0.4 is 15.2 Å². The monoisotopic (exact) mass is 280 g/mol. The van der Waals surface area contributed by atoms with Crippen molar-refractivity contribution in [2.24, 2.45) is 0 Å². The van der Waals surface area contributed by atoms with Crippen molar-refractivity contribution in [1.82, 2.24) is 4.98 Å². The van der Waals surface area contributed by atoms with Crippen molar-refractivity contribution in [3.05, 3.63) is 48.7 Å². The van der Waals surface area contributed by atoms with Gasteiger partial charge in [0.05, 0.1) is 31.6 Å². The third-order valence-electron chi connectivity index (χ3n) is 3.47. The zero-order chi connectivity index (χ0) is 14.8. The highest BCUT2D eigenvalue weighted by molar-refractivity contribution is 6.01. The highest BCUT2D eigenvalue weighted by atomic mass is 16.5. The molecule has 0 aliphatic carbocycles. The van der Waals surface area contributed by atoms with Gasteiger partial charge >= 0.3 is 0 Å². The third-order valence-corrected chi connectivity index (χ3v) is 3.47. The second kappa shape index (κ2) is 5.32. The van der Waals surface area contributed by atoms with E-state index in [1.54, 1.807) is 20.4 Å². The molecule has 0 spiro atoms. The van der Waals surface area contributed by atoms with Crippen LogP contribution in [0.15, 0.2) is 48.7 Å². The summed E-state index contributed by atoms with van der Waals surface area (Å²) in [6.07, 6.45) is 1.68. The number of pyridine rings is 1. The SMILES string of the molecule is COc1cc2ncc(N)c(-c3ccccc3)c2cc1OC. The van der Waals surface area contributed by atoms with Crippen molar-refractivity contribution in [3.63, 3.8) is 0 Å². The lowest BCUT2D eigenvalue weighted by Crippen LogP contribution is -1.96. The number of benzene rings is 2. The van der Waals surface area contributed by atoms with Gasteiger partial charge in [0.25, 0.3) is 0 Å². The zero-order valence-corrected chi connectivity index (χ0v) is 12.0. The molecule has 106 valence electrons. The standard InChI is InChI=1S/C17H16N2O2/c1-20-15-8-12-14(9-16(15)21-2)19-10-13(18)17(12)11-6-4-3-5-7-11/h3-10H,18H2,1-2H3. The second-order valence-electron chi connectivity index (χ2n) is 4.68. The fourth-order valence-corrected chi connectivity index (χ4v) is 2.46. The number of nitrogens with zero attached hydrogens (tertiary/aromatic N) is 1. The van der Waals surface area contributed by atoms with Crippen molar-refractivity contribution in [2.45, 2.75) is 0 Å². The molecule has 0 aliphatic rings. The molecule has 0 aliphatic heterocycles. The Hall–Kier alpha value is -2.75. The highest BCUT2D eigenvalue weighted by Crippen LogP contribution is 2.38. The van der Waals surface area contributed by atoms with Gasteiger partial charge in [-0.1, -0.05) is 30.3 Å². The second-order valence-corrected chi connectivity index (χ2v) is 4.68. The molecule has 1 aromatic heterocycles. The lowest BCUT2D eigenvalue weighted by Gasteiger charge is -2.13. The number of hydrogen-bond donors (Lipinski definition) is 1. The predicted octanol–water partition coefficient (Wildman–Crippen LogP) is 3.50. The van der Waals surface area contributed by atoms with E-state index in [1.165, 1.54) is 0 Å². The minimum absolute atomic E-state index is 0.640. The molecule has 2 aromatic carbocycles. The average Bonchev–Trinajstić information content (AvgIpc) is 2.54. The number of methoxy groups -OCH3 is 2. The van der Waals surface area contributed by atoms with Gasteiger partial charge in [-0.05, 0) is 11.6 Å². The van der Waals surface area contributed by atoms with Crippen LogP contribution in [0.25, 0.3) is 22.0 Å². The summed E-state index contributed by atoms with van der Waals surface area (Å²) in [6.45, 7) is 0. The van der Waals surface area contributed by atoms with Gasteiger partial charge in [-0.2, -0.15) is 0 Å². The van der Waals surface area contributed by atoms with E-state index < -0.39 is 0 Å². The number of fused-ring (bicyclic) bond motifs is 1. The van der Waals surface area contributed by atoms with Crippen LogP contribution in [0.4, 0.5) is 5.69 Å². The molecule has 0 radical (unpaired) electrons. The molecule has 0 saturated heterocycles. The van der Waals surface area contributed by atoms with Crippen LogP contribution in [-0.2, 0) is 0 Å². The lowest BCUT2D eigenvalue weighted by molar-refractivity contribution is 0.356. The minimum atomic E-state index is 0.640. The number of nitrogen functional groups attached to an aromatic ring is 1. The van der Waals surface area contributed by atoms with Crippen LogP contribution in [0.5, 0.6) is 11.5 Å². The molecule has 0 unspecified atom stereocenters. The number of ether oxygens (including phenoxy) is 2. The van der Waals surface area contributed by atoms with Crippen LogP contribution in [-0.4, -0.2) is 19.2 Å². The molecule has 2 N–H and O–H groups in total. The molecule has 4 nitrogen and oxygen atoms in total. The first-order valence-electron chi connectivity index (χ1n) is 6.60. The first-order chi connectivity index (χ1) is 10.2. The smallest absolute Gasteiger partial charge is 0.162 e. The van der Waals surface area contributed by atoms with Gasteiger partial charge in [0, 0.05) is 17.0 Å². The van der Waals surface area contributed by atoms with Crippen molar-refractivity contribution < 1.29 is 9.47 Å². The fourth-order valence-electron chi connectivity index (χ4n) is 2.46. The third kappa shape index (κ3) is 2.25. The van der Waals surface area contributed by atoms with Crippen molar-refractivity contribution >= 4 is 16.6 Å². The molecule has 0 fully saturated rings. The Kier molecular flexibility index (Phi) is 3.36. The summed E-state index contributed by atoms with van der Waals surface area (Å²) in [4.78, 5) is 4.39. The number of nitrogens with two attached hydrogens (primary N) is 1. The molecular formula is C17H16N2O2. The van der Waals surface area contributed by atoms with Gasteiger partial charge in [0.2, 0.25) is 0 Å². The maximum absolute atomic E-state index is 6.15. The summed E-state index contributed by atoms with van der Waals surface area (Å²) in [6, 6.07) is 13.8.